The standard InChI is InChI=1S/C21H17F3O6/c1-9(2)18(25)29-16-12-7-13-15(20(27)30-17(13)16)14(12)19(26)28-8-10-3-5-11(6-4-10)21(22,23)24/h3-6,12-15H,1,7-8H2,2H3. The summed E-state index contributed by atoms with van der Waals surface area (Å²) < 4.78 is 53.8. The molecule has 1 aliphatic heterocycles. The second kappa shape index (κ2) is 7.00. The topological polar surface area (TPSA) is 78.9 Å². The lowest BCUT2D eigenvalue weighted by Gasteiger charge is -2.23. The molecule has 0 spiro atoms. The minimum absolute atomic E-state index is 0.159. The molecule has 158 valence electrons. The predicted octanol–water partition coefficient (Wildman–Crippen LogP) is 3.52. The minimum atomic E-state index is -4.46. The smallest absolute Gasteiger partial charge is 0.416 e. The van der Waals surface area contributed by atoms with Gasteiger partial charge in [0.25, 0.3) is 0 Å². The Kier molecular flexibility index (Phi) is 4.71. The summed E-state index contributed by atoms with van der Waals surface area (Å²) in [6, 6.07) is 4.25. The zero-order valence-corrected chi connectivity index (χ0v) is 15.8. The Balaban J connectivity index is 1.47. The Morgan fingerprint density at radius 1 is 1.20 bits per heavy atom. The van der Waals surface area contributed by atoms with Crippen LogP contribution in [0.15, 0.2) is 47.9 Å². The molecule has 6 nitrogen and oxygen atoms in total. The molecule has 1 heterocycles. The van der Waals surface area contributed by atoms with Crippen molar-refractivity contribution in [3.8, 4) is 0 Å². The number of rotatable bonds is 5. The molecule has 9 heteroatoms. The van der Waals surface area contributed by atoms with E-state index in [4.69, 9.17) is 14.2 Å². The summed E-state index contributed by atoms with van der Waals surface area (Å²) in [5, 5.41) is 0. The number of esters is 3. The van der Waals surface area contributed by atoms with Crippen molar-refractivity contribution in [2.45, 2.75) is 26.1 Å². The number of carbonyl (C=O) groups is 3. The molecule has 0 N–H and O–H groups in total. The summed E-state index contributed by atoms with van der Waals surface area (Å²) in [5.74, 6) is -3.97. The van der Waals surface area contributed by atoms with E-state index in [9.17, 15) is 27.6 Å². The first-order valence-corrected chi connectivity index (χ1v) is 9.24. The third-order valence-electron chi connectivity index (χ3n) is 5.65. The van der Waals surface area contributed by atoms with Gasteiger partial charge in [0.2, 0.25) is 0 Å². The van der Waals surface area contributed by atoms with Crippen LogP contribution in [0.25, 0.3) is 0 Å². The molecule has 3 aliphatic rings. The van der Waals surface area contributed by atoms with Gasteiger partial charge in [-0.1, -0.05) is 18.7 Å². The van der Waals surface area contributed by atoms with Gasteiger partial charge in [-0.3, -0.25) is 9.59 Å². The number of hydrogen-bond donors (Lipinski definition) is 0. The van der Waals surface area contributed by atoms with Crippen LogP contribution in [-0.2, 0) is 41.4 Å². The fourth-order valence-corrected chi connectivity index (χ4v) is 4.25. The lowest BCUT2D eigenvalue weighted by molar-refractivity contribution is -0.157. The maximum atomic E-state index is 12.7. The molecule has 1 aromatic carbocycles. The van der Waals surface area contributed by atoms with E-state index in [0.29, 0.717) is 12.0 Å². The highest BCUT2D eigenvalue weighted by Gasteiger charge is 2.65. The molecule has 4 rings (SSSR count). The van der Waals surface area contributed by atoms with E-state index >= 15 is 0 Å². The Morgan fingerprint density at radius 2 is 1.87 bits per heavy atom. The summed E-state index contributed by atoms with van der Waals surface area (Å²) in [4.78, 5) is 36.9. The van der Waals surface area contributed by atoms with E-state index in [2.05, 4.69) is 6.58 Å². The van der Waals surface area contributed by atoms with E-state index in [0.717, 1.165) is 12.1 Å². The number of carbonyl (C=O) groups excluding carboxylic acids is 3. The van der Waals surface area contributed by atoms with Crippen LogP contribution in [0.5, 0.6) is 0 Å². The zero-order chi connectivity index (χ0) is 21.8. The van der Waals surface area contributed by atoms with Crippen LogP contribution in [0.2, 0.25) is 0 Å². The van der Waals surface area contributed by atoms with Crippen molar-refractivity contribution < 1.29 is 41.8 Å². The fourth-order valence-electron chi connectivity index (χ4n) is 4.25. The predicted molar refractivity (Wildman–Crippen MR) is 93.8 cm³/mol. The van der Waals surface area contributed by atoms with Crippen molar-refractivity contribution in [1.82, 2.24) is 0 Å². The van der Waals surface area contributed by atoms with Gasteiger partial charge in [-0.25, -0.2) is 4.79 Å². The number of halogens is 3. The number of ether oxygens (including phenoxy) is 3. The van der Waals surface area contributed by atoms with Crippen LogP contribution >= 0.6 is 0 Å². The molecule has 2 bridgehead atoms. The quantitative estimate of drug-likeness (QED) is 0.411. The van der Waals surface area contributed by atoms with Crippen molar-refractivity contribution in [2.75, 3.05) is 0 Å². The van der Waals surface area contributed by atoms with Crippen LogP contribution in [0.1, 0.15) is 24.5 Å². The molecular weight excluding hydrogens is 405 g/mol. The van der Waals surface area contributed by atoms with Gasteiger partial charge in [-0.15, -0.1) is 0 Å². The van der Waals surface area contributed by atoms with Crippen molar-refractivity contribution >= 4 is 17.9 Å². The molecule has 0 amide bonds. The molecular formula is C21H17F3O6. The molecule has 1 aromatic rings. The van der Waals surface area contributed by atoms with E-state index in [1.54, 1.807) is 0 Å². The van der Waals surface area contributed by atoms with E-state index in [1.165, 1.54) is 19.1 Å². The average Bonchev–Trinajstić information content (AvgIpc) is 3.29. The first-order valence-electron chi connectivity index (χ1n) is 9.24. The van der Waals surface area contributed by atoms with Gasteiger partial charge < -0.3 is 14.2 Å². The van der Waals surface area contributed by atoms with E-state index < -0.39 is 47.4 Å². The van der Waals surface area contributed by atoms with Gasteiger partial charge in [-0.05, 0) is 31.0 Å². The SMILES string of the molecule is C=C(C)C(=O)OC1=C2OC(=O)C3C2CC1C3C(=O)OCc1ccc(C(F)(F)F)cc1. The molecule has 1 saturated heterocycles. The molecule has 1 saturated carbocycles. The Hall–Kier alpha value is -3.10. The summed E-state index contributed by atoms with van der Waals surface area (Å²) in [6.07, 6.45) is -4.03. The molecule has 2 aliphatic carbocycles. The second-order valence-electron chi connectivity index (χ2n) is 7.62. The normalized spacial score (nSPS) is 26.6. The second-order valence-corrected chi connectivity index (χ2v) is 7.62. The van der Waals surface area contributed by atoms with Gasteiger partial charge in [0.05, 0.1) is 17.4 Å². The van der Waals surface area contributed by atoms with Crippen molar-refractivity contribution in [2.24, 2.45) is 23.7 Å². The largest absolute Gasteiger partial charge is 0.461 e. The summed E-state index contributed by atoms with van der Waals surface area (Å²) in [5.41, 5.74) is -0.270. The molecule has 4 atom stereocenters. The first kappa shape index (κ1) is 20.2. The molecule has 30 heavy (non-hydrogen) atoms. The third kappa shape index (κ3) is 3.28. The van der Waals surface area contributed by atoms with E-state index in [-0.39, 0.29) is 29.6 Å². The average molecular weight is 422 g/mol. The summed E-state index contributed by atoms with van der Waals surface area (Å²) >= 11 is 0. The highest BCUT2D eigenvalue weighted by molar-refractivity contribution is 5.90. The monoisotopic (exact) mass is 422 g/mol. The lowest BCUT2D eigenvalue weighted by Crippen LogP contribution is -2.33. The summed E-state index contributed by atoms with van der Waals surface area (Å²) in [7, 11) is 0. The van der Waals surface area contributed by atoms with Crippen LogP contribution in [-0.4, -0.2) is 17.9 Å². The van der Waals surface area contributed by atoms with Gasteiger partial charge in [-0.2, -0.15) is 13.2 Å². The summed E-state index contributed by atoms with van der Waals surface area (Å²) in [6.45, 7) is 4.73. The van der Waals surface area contributed by atoms with Crippen LogP contribution in [0.4, 0.5) is 13.2 Å². The zero-order valence-electron chi connectivity index (χ0n) is 15.8. The van der Waals surface area contributed by atoms with Gasteiger partial charge >= 0.3 is 24.1 Å². The Labute approximate surface area is 169 Å². The fraction of sp³-hybridized carbons (Fsp3) is 0.381. The number of benzene rings is 1. The molecule has 0 radical (unpaired) electrons. The molecule has 2 fully saturated rings. The van der Waals surface area contributed by atoms with Gasteiger partial charge in [0.15, 0.2) is 11.5 Å². The highest BCUT2D eigenvalue weighted by Crippen LogP contribution is 2.60. The molecule has 4 unspecified atom stereocenters. The van der Waals surface area contributed by atoms with Crippen LogP contribution < -0.4 is 0 Å². The Morgan fingerprint density at radius 3 is 2.47 bits per heavy atom. The van der Waals surface area contributed by atoms with Crippen molar-refractivity contribution in [1.29, 1.82) is 0 Å². The maximum Gasteiger partial charge on any atom is 0.416 e. The minimum Gasteiger partial charge on any atom is -0.461 e. The van der Waals surface area contributed by atoms with Gasteiger partial charge in [0.1, 0.15) is 6.61 Å². The van der Waals surface area contributed by atoms with E-state index in [1.807, 2.05) is 0 Å². The Bertz CT molecular complexity index is 975. The third-order valence-corrected chi connectivity index (χ3v) is 5.65. The van der Waals surface area contributed by atoms with Crippen molar-refractivity contribution in [3.05, 3.63) is 59.1 Å². The highest BCUT2D eigenvalue weighted by atomic mass is 19.4. The number of fused-ring (bicyclic) bond motifs is 1. The first-order chi connectivity index (χ1) is 14.1. The number of hydrogen-bond acceptors (Lipinski definition) is 6. The van der Waals surface area contributed by atoms with Crippen LogP contribution in [0, 0.1) is 23.7 Å². The number of alkyl halides is 3. The van der Waals surface area contributed by atoms with Crippen molar-refractivity contribution in [3.63, 3.8) is 0 Å². The van der Waals surface area contributed by atoms with Gasteiger partial charge in [0, 0.05) is 17.4 Å². The number of allylic oxidation sites excluding steroid dienone is 2. The molecule has 0 aromatic heterocycles. The van der Waals surface area contributed by atoms with Crippen LogP contribution in [0.3, 0.4) is 0 Å². The lowest BCUT2D eigenvalue weighted by atomic mass is 9.83. The maximum absolute atomic E-state index is 12.7.